The highest BCUT2D eigenvalue weighted by atomic mass is 32.2. The molecule has 0 unspecified atom stereocenters. The molecule has 43 heavy (non-hydrogen) atoms. The van der Waals surface area contributed by atoms with Gasteiger partial charge in [-0.15, -0.1) is 11.3 Å². The number of sulfonamides is 1. The summed E-state index contributed by atoms with van der Waals surface area (Å²) in [5.41, 5.74) is 1.55. The van der Waals surface area contributed by atoms with Crippen LogP contribution in [0.3, 0.4) is 0 Å². The molecule has 0 radical (unpaired) electrons. The van der Waals surface area contributed by atoms with E-state index in [9.17, 15) is 22.8 Å². The number of fused-ring (bicyclic) bond motifs is 1. The van der Waals surface area contributed by atoms with E-state index < -0.39 is 16.1 Å². The van der Waals surface area contributed by atoms with Crippen molar-refractivity contribution >= 4 is 55.4 Å². The molecule has 0 spiro atoms. The molecule has 0 aliphatic carbocycles. The molecule has 12 nitrogen and oxygen atoms in total. The van der Waals surface area contributed by atoms with Gasteiger partial charge in [0.05, 0.1) is 18.8 Å². The van der Waals surface area contributed by atoms with Crippen LogP contribution in [0.1, 0.15) is 15.2 Å². The smallest absolute Gasteiger partial charge is 0.333 e. The van der Waals surface area contributed by atoms with Crippen LogP contribution in [0.4, 0.5) is 16.2 Å². The molecule has 4 N–H and O–H groups in total. The first kappa shape index (κ1) is 30.2. The number of nitrogens with zero attached hydrogens (tertiary/aromatic N) is 2. The Morgan fingerprint density at radius 1 is 0.977 bits per heavy atom. The molecule has 4 aromatic rings. The van der Waals surface area contributed by atoms with Crippen molar-refractivity contribution in [2.24, 2.45) is 0 Å². The Balaban J connectivity index is 1.36. The number of amides is 3. The van der Waals surface area contributed by atoms with Crippen molar-refractivity contribution < 1.29 is 22.7 Å². The summed E-state index contributed by atoms with van der Waals surface area (Å²) in [6.07, 6.45) is 1.51. The molecule has 1 saturated heterocycles. The van der Waals surface area contributed by atoms with E-state index in [-0.39, 0.29) is 15.7 Å². The minimum atomic E-state index is -4.01. The lowest BCUT2D eigenvalue weighted by molar-refractivity contribution is 0.0383. The number of benzene rings is 2. The molecule has 3 heterocycles. The van der Waals surface area contributed by atoms with Gasteiger partial charge in [0.2, 0.25) is 0 Å². The highest BCUT2D eigenvalue weighted by Crippen LogP contribution is 2.23. The number of carbonyl (C=O) groups is 2. The highest BCUT2D eigenvalue weighted by Gasteiger charge is 2.20. The minimum absolute atomic E-state index is 0.0361. The van der Waals surface area contributed by atoms with Crippen LogP contribution in [0, 0.1) is 6.92 Å². The molecule has 3 amide bonds. The van der Waals surface area contributed by atoms with Crippen molar-refractivity contribution in [3.8, 4) is 5.69 Å². The van der Waals surface area contributed by atoms with Gasteiger partial charge in [-0.1, -0.05) is 0 Å². The number of pyridine rings is 1. The van der Waals surface area contributed by atoms with Crippen LogP contribution in [0.2, 0.25) is 0 Å². The quantitative estimate of drug-likeness (QED) is 0.222. The van der Waals surface area contributed by atoms with Gasteiger partial charge >= 0.3 is 6.03 Å². The Morgan fingerprint density at radius 3 is 2.37 bits per heavy atom. The van der Waals surface area contributed by atoms with Gasteiger partial charge in [-0.05, 0) is 61.5 Å². The number of nitrogens with one attached hydrogen (secondary N) is 4. The first-order valence-corrected chi connectivity index (χ1v) is 15.9. The van der Waals surface area contributed by atoms with E-state index in [2.05, 4.69) is 20.9 Å². The van der Waals surface area contributed by atoms with Gasteiger partial charge in [-0.3, -0.25) is 19.1 Å². The second-order valence-electron chi connectivity index (χ2n) is 9.91. The fraction of sp³-hybridized carbons (Fsp3) is 0.276. The number of hydrogen-bond acceptors (Lipinski definition) is 9. The molecule has 5 rings (SSSR count). The first-order valence-electron chi connectivity index (χ1n) is 13.6. The van der Waals surface area contributed by atoms with Crippen LogP contribution < -0.4 is 26.2 Å². The molecule has 2 aromatic heterocycles. The SMILES string of the molecule is CNc1ccc2c(=O)n(-c3ccc(NC(=O)NS(=O)(=O)c4ccc(C)s4)cc3)cc(C(=O)NCCN3CCOCC3)c2c1. The van der Waals surface area contributed by atoms with Crippen molar-refractivity contribution in [2.45, 2.75) is 11.1 Å². The Kier molecular flexibility index (Phi) is 9.11. The van der Waals surface area contributed by atoms with Gasteiger partial charge in [-0.25, -0.2) is 17.9 Å². The number of morpholine rings is 1. The zero-order valence-corrected chi connectivity index (χ0v) is 25.3. The van der Waals surface area contributed by atoms with Gasteiger partial charge in [0, 0.05) is 72.1 Å². The van der Waals surface area contributed by atoms with E-state index in [4.69, 9.17) is 4.74 Å². The topological polar surface area (TPSA) is 151 Å². The second-order valence-corrected chi connectivity index (χ2v) is 13.1. The maximum atomic E-state index is 13.5. The second kappa shape index (κ2) is 13.0. The van der Waals surface area contributed by atoms with E-state index >= 15 is 0 Å². The zero-order chi connectivity index (χ0) is 30.6. The number of aryl methyl sites for hydroxylation is 1. The van der Waals surface area contributed by atoms with Gasteiger partial charge in [0.25, 0.3) is 21.5 Å². The van der Waals surface area contributed by atoms with Gasteiger partial charge < -0.3 is 20.7 Å². The molecule has 14 heteroatoms. The number of aromatic nitrogens is 1. The van der Waals surface area contributed by atoms with E-state index in [0.29, 0.717) is 54.0 Å². The predicted octanol–water partition coefficient (Wildman–Crippen LogP) is 2.97. The maximum Gasteiger partial charge on any atom is 0.333 e. The number of hydrogen-bond donors (Lipinski definition) is 4. The standard InChI is InChI=1S/C29H32N6O6S2/c1-19-3-10-26(42-19)43(39,40)33-29(38)32-20-4-7-22(8-5-20)35-18-25(24-17-21(30-2)6-9-23(24)28(35)37)27(36)31-11-12-34-13-15-41-16-14-34/h3-10,17-18,30H,11-16H2,1-2H3,(H,31,36)(H2,32,33,38). The Bertz CT molecular complexity index is 1810. The molecular formula is C29H32N6O6S2. The van der Waals surface area contributed by atoms with Crippen molar-refractivity contribution in [1.82, 2.24) is 19.5 Å². The van der Waals surface area contributed by atoms with Crippen LogP contribution in [-0.4, -0.2) is 76.3 Å². The number of urea groups is 1. The fourth-order valence-electron chi connectivity index (χ4n) is 4.71. The molecule has 2 aromatic carbocycles. The van der Waals surface area contributed by atoms with Gasteiger partial charge in [-0.2, -0.15) is 0 Å². The lowest BCUT2D eigenvalue weighted by Gasteiger charge is -2.26. The number of anilines is 2. The third-order valence-electron chi connectivity index (χ3n) is 6.98. The molecule has 0 atom stereocenters. The summed E-state index contributed by atoms with van der Waals surface area (Å²) < 4.78 is 33.7. The Labute approximate surface area is 252 Å². The summed E-state index contributed by atoms with van der Waals surface area (Å²) in [7, 11) is -2.24. The first-order chi connectivity index (χ1) is 20.6. The largest absolute Gasteiger partial charge is 0.388 e. The number of thiophene rings is 1. The lowest BCUT2D eigenvalue weighted by atomic mass is 10.1. The highest BCUT2D eigenvalue weighted by molar-refractivity contribution is 7.92. The lowest BCUT2D eigenvalue weighted by Crippen LogP contribution is -2.41. The normalized spacial score (nSPS) is 13.9. The van der Waals surface area contributed by atoms with Crippen LogP contribution in [0.5, 0.6) is 0 Å². The fourth-order valence-corrected chi connectivity index (χ4v) is 6.90. The van der Waals surface area contributed by atoms with Crippen molar-refractivity contribution in [3.05, 3.63) is 81.6 Å². The van der Waals surface area contributed by atoms with Crippen LogP contribution in [-0.2, 0) is 14.8 Å². The van der Waals surface area contributed by atoms with Gasteiger partial charge in [0.1, 0.15) is 4.21 Å². The summed E-state index contributed by atoms with van der Waals surface area (Å²) in [4.78, 5) is 42.4. The zero-order valence-electron chi connectivity index (χ0n) is 23.7. The average Bonchev–Trinajstić information content (AvgIpc) is 3.45. The number of carbonyl (C=O) groups excluding carboxylic acids is 2. The third kappa shape index (κ3) is 7.05. The molecular weight excluding hydrogens is 592 g/mol. The number of rotatable bonds is 9. The summed E-state index contributed by atoms with van der Waals surface area (Å²) in [6, 6.07) is 13.7. The number of ether oxygens (including phenoxy) is 1. The molecule has 0 saturated carbocycles. The Morgan fingerprint density at radius 2 is 1.70 bits per heavy atom. The predicted molar refractivity (Wildman–Crippen MR) is 167 cm³/mol. The summed E-state index contributed by atoms with van der Waals surface area (Å²) in [6.45, 7) is 5.86. The molecule has 1 fully saturated rings. The van der Waals surface area contributed by atoms with Gasteiger partial charge in [0.15, 0.2) is 0 Å². The molecule has 0 bridgehead atoms. The van der Waals surface area contributed by atoms with Crippen molar-refractivity contribution in [2.75, 3.05) is 57.1 Å². The monoisotopic (exact) mass is 624 g/mol. The molecule has 1 aliphatic rings. The molecule has 1 aliphatic heterocycles. The summed E-state index contributed by atoms with van der Waals surface area (Å²) >= 11 is 1.06. The van der Waals surface area contributed by atoms with Crippen LogP contribution in [0.25, 0.3) is 16.5 Å². The van der Waals surface area contributed by atoms with Crippen LogP contribution in [0.15, 0.2) is 69.8 Å². The van der Waals surface area contributed by atoms with Crippen LogP contribution >= 0.6 is 11.3 Å². The summed E-state index contributed by atoms with van der Waals surface area (Å²) in [5.74, 6) is -0.308. The summed E-state index contributed by atoms with van der Waals surface area (Å²) in [5, 5.41) is 9.41. The average molecular weight is 625 g/mol. The Hall–Kier alpha value is -4.24. The third-order valence-corrected chi connectivity index (χ3v) is 9.80. The van der Waals surface area contributed by atoms with E-state index in [1.807, 2.05) is 4.72 Å². The van der Waals surface area contributed by atoms with E-state index in [1.54, 1.807) is 62.5 Å². The van der Waals surface area contributed by atoms with E-state index in [0.717, 1.165) is 35.0 Å². The van der Waals surface area contributed by atoms with Crippen molar-refractivity contribution in [3.63, 3.8) is 0 Å². The van der Waals surface area contributed by atoms with E-state index in [1.165, 1.54) is 16.8 Å². The minimum Gasteiger partial charge on any atom is -0.388 e. The van der Waals surface area contributed by atoms with Crippen molar-refractivity contribution in [1.29, 1.82) is 0 Å². The maximum absolute atomic E-state index is 13.5. The molecule has 226 valence electrons.